The highest BCUT2D eigenvalue weighted by Crippen LogP contribution is 2.22. The van der Waals surface area contributed by atoms with Crippen molar-refractivity contribution < 1.29 is 14.1 Å². The summed E-state index contributed by atoms with van der Waals surface area (Å²) in [5, 5.41) is 6.65. The van der Waals surface area contributed by atoms with Gasteiger partial charge in [0.1, 0.15) is 6.04 Å². The number of aromatic nitrogens is 2. The molecule has 1 aromatic heterocycles. The van der Waals surface area contributed by atoms with Gasteiger partial charge in [0.15, 0.2) is 0 Å². The van der Waals surface area contributed by atoms with Crippen molar-refractivity contribution in [1.29, 1.82) is 0 Å². The van der Waals surface area contributed by atoms with Gasteiger partial charge in [-0.05, 0) is 19.7 Å². The molecule has 1 saturated heterocycles. The van der Waals surface area contributed by atoms with E-state index in [1.54, 1.807) is 0 Å². The molecule has 1 aliphatic heterocycles. The summed E-state index contributed by atoms with van der Waals surface area (Å²) in [5.41, 5.74) is 2.10. The van der Waals surface area contributed by atoms with E-state index in [9.17, 15) is 4.79 Å². The molecule has 1 aliphatic rings. The standard InChI is InChI=1S/C15H18N4O3/c1-19(2)9-10-3-5-11(6-4-10)13-17-14(22-18-13)12-7-8-21-15(20)16-12/h3-6,12H,7-9H2,1-2H3,(H,16,20). The summed E-state index contributed by atoms with van der Waals surface area (Å²) < 4.78 is 10.1. The fourth-order valence-electron chi connectivity index (χ4n) is 2.33. The number of amides is 1. The van der Waals surface area contributed by atoms with Crippen molar-refractivity contribution in [3.05, 3.63) is 35.7 Å². The van der Waals surface area contributed by atoms with Crippen LogP contribution in [-0.2, 0) is 11.3 Å². The number of ether oxygens (including phenoxy) is 1. The minimum atomic E-state index is -0.455. The molecule has 1 aromatic carbocycles. The Hall–Kier alpha value is -2.41. The van der Waals surface area contributed by atoms with E-state index < -0.39 is 6.09 Å². The van der Waals surface area contributed by atoms with Gasteiger partial charge < -0.3 is 19.5 Å². The first kappa shape index (κ1) is 14.5. The molecule has 0 aliphatic carbocycles. The molecule has 1 N–H and O–H groups in total. The summed E-state index contributed by atoms with van der Waals surface area (Å²) in [5.74, 6) is 0.927. The van der Waals surface area contributed by atoms with Crippen LogP contribution in [0.2, 0.25) is 0 Å². The summed E-state index contributed by atoms with van der Waals surface area (Å²) in [6, 6.07) is 7.74. The first-order valence-corrected chi connectivity index (χ1v) is 7.13. The Labute approximate surface area is 128 Å². The van der Waals surface area contributed by atoms with Crippen LogP contribution in [0.3, 0.4) is 0 Å². The number of rotatable bonds is 4. The number of carbonyl (C=O) groups excluding carboxylic acids is 1. The third kappa shape index (κ3) is 3.25. The lowest BCUT2D eigenvalue weighted by atomic mass is 10.1. The molecular weight excluding hydrogens is 284 g/mol. The summed E-state index contributed by atoms with van der Waals surface area (Å²) in [6.45, 7) is 1.24. The molecule has 0 bridgehead atoms. The first-order chi connectivity index (χ1) is 10.6. The van der Waals surface area contributed by atoms with E-state index in [1.807, 2.05) is 38.4 Å². The molecule has 3 rings (SSSR count). The van der Waals surface area contributed by atoms with E-state index >= 15 is 0 Å². The topological polar surface area (TPSA) is 80.5 Å². The van der Waals surface area contributed by atoms with E-state index in [0.29, 0.717) is 24.7 Å². The average Bonchev–Trinajstić information content (AvgIpc) is 2.97. The van der Waals surface area contributed by atoms with Crippen LogP contribution in [-0.4, -0.2) is 41.8 Å². The van der Waals surface area contributed by atoms with Gasteiger partial charge in [-0.1, -0.05) is 29.4 Å². The zero-order chi connectivity index (χ0) is 15.5. The fourth-order valence-corrected chi connectivity index (χ4v) is 2.33. The number of benzene rings is 1. The predicted octanol–water partition coefficient (Wildman–Crippen LogP) is 1.97. The van der Waals surface area contributed by atoms with Crippen LogP contribution in [0, 0.1) is 0 Å². The quantitative estimate of drug-likeness (QED) is 0.930. The second-order valence-electron chi connectivity index (χ2n) is 5.51. The Kier molecular flexibility index (Phi) is 4.06. The molecule has 0 saturated carbocycles. The highest BCUT2D eigenvalue weighted by atomic mass is 16.6. The summed E-state index contributed by atoms with van der Waals surface area (Å²) in [4.78, 5) is 17.7. The van der Waals surface area contributed by atoms with Crippen LogP contribution >= 0.6 is 0 Å². The largest absolute Gasteiger partial charge is 0.449 e. The number of nitrogens with one attached hydrogen (secondary N) is 1. The van der Waals surface area contributed by atoms with Gasteiger partial charge >= 0.3 is 6.09 Å². The fraction of sp³-hybridized carbons (Fsp3) is 0.400. The van der Waals surface area contributed by atoms with Gasteiger partial charge in [-0.15, -0.1) is 0 Å². The number of alkyl carbamates (subject to hydrolysis) is 1. The van der Waals surface area contributed by atoms with Crippen LogP contribution in [0.5, 0.6) is 0 Å². The van der Waals surface area contributed by atoms with Crippen LogP contribution in [0.15, 0.2) is 28.8 Å². The molecule has 1 atom stereocenters. The predicted molar refractivity (Wildman–Crippen MR) is 79.0 cm³/mol. The van der Waals surface area contributed by atoms with Gasteiger partial charge in [-0.3, -0.25) is 0 Å². The monoisotopic (exact) mass is 302 g/mol. The van der Waals surface area contributed by atoms with E-state index in [1.165, 1.54) is 5.56 Å². The highest BCUT2D eigenvalue weighted by molar-refractivity contribution is 5.68. The molecule has 1 unspecified atom stereocenters. The lowest BCUT2D eigenvalue weighted by Gasteiger charge is -2.19. The van der Waals surface area contributed by atoms with Crippen LogP contribution in [0.1, 0.15) is 23.9 Å². The molecule has 116 valence electrons. The molecule has 0 radical (unpaired) electrons. The van der Waals surface area contributed by atoms with E-state index in [2.05, 4.69) is 20.4 Å². The van der Waals surface area contributed by atoms with Gasteiger partial charge in [0.25, 0.3) is 0 Å². The number of nitrogens with zero attached hydrogens (tertiary/aromatic N) is 3. The van der Waals surface area contributed by atoms with Gasteiger partial charge in [0.05, 0.1) is 6.61 Å². The Morgan fingerprint density at radius 3 is 2.77 bits per heavy atom. The minimum Gasteiger partial charge on any atom is -0.449 e. The Morgan fingerprint density at radius 1 is 1.32 bits per heavy atom. The van der Waals surface area contributed by atoms with Gasteiger partial charge in [-0.25, -0.2) is 4.79 Å². The van der Waals surface area contributed by atoms with E-state index in [0.717, 1.165) is 12.1 Å². The second kappa shape index (κ2) is 6.15. The van der Waals surface area contributed by atoms with Crippen molar-refractivity contribution >= 4 is 6.09 Å². The molecule has 1 fully saturated rings. The number of hydrogen-bond donors (Lipinski definition) is 1. The maximum Gasteiger partial charge on any atom is 0.407 e. The zero-order valence-corrected chi connectivity index (χ0v) is 12.6. The summed E-state index contributed by atoms with van der Waals surface area (Å²) >= 11 is 0. The molecule has 2 aromatic rings. The van der Waals surface area contributed by atoms with Crippen molar-refractivity contribution in [2.24, 2.45) is 0 Å². The summed E-state index contributed by atoms with van der Waals surface area (Å²) in [6.07, 6.45) is 0.166. The van der Waals surface area contributed by atoms with Crippen LogP contribution in [0.25, 0.3) is 11.4 Å². The SMILES string of the molecule is CN(C)Cc1ccc(-c2noc(C3CCOC(=O)N3)n2)cc1. The Bertz CT molecular complexity index is 651. The van der Waals surface area contributed by atoms with Crippen molar-refractivity contribution in [3.8, 4) is 11.4 Å². The Morgan fingerprint density at radius 2 is 2.09 bits per heavy atom. The Balaban J connectivity index is 1.74. The lowest BCUT2D eigenvalue weighted by molar-refractivity contribution is 0.109. The van der Waals surface area contributed by atoms with Crippen molar-refractivity contribution in [2.75, 3.05) is 20.7 Å². The van der Waals surface area contributed by atoms with Crippen molar-refractivity contribution in [1.82, 2.24) is 20.4 Å². The van der Waals surface area contributed by atoms with Gasteiger partial charge in [0, 0.05) is 18.5 Å². The van der Waals surface area contributed by atoms with Gasteiger partial charge in [0.2, 0.25) is 11.7 Å². The normalized spacial score (nSPS) is 18.1. The number of hydrogen-bond acceptors (Lipinski definition) is 6. The molecule has 7 nitrogen and oxygen atoms in total. The smallest absolute Gasteiger partial charge is 0.407 e. The lowest BCUT2D eigenvalue weighted by Crippen LogP contribution is -2.35. The molecule has 2 heterocycles. The number of cyclic esters (lactones) is 1. The van der Waals surface area contributed by atoms with Crippen LogP contribution < -0.4 is 5.32 Å². The maximum absolute atomic E-state index is 11.2. The van der Waals surface area contributed by atoms with Crippen molar-refractivity contribution in [3.63, 3.8) is 0 Å². The van der Waals surface area contributed by atoms with Gasteiger partial charge in [-0.2, -0.15) is 4.98 Å². The molecule has 0 spiro atoms. The molecule has 1 amide bonds. The first-order valence-electron chi connectivity index (χ1n) is 7.13. The van der Waals surface area contributed by atoms with E-state index in [-0.39, 0.29) is 6.04 Å². The number of carbonyl (C=O) groups is 1. The highest BCUT2D eigenvalue weighted by Gasteiger charge is 2.26. The van der Waals surface area contributed by atoms with E-state index in [4.69, 9.17) is 9.26 Å². The zero-order valence-electron chi connectivity index (χ0n) is 12.6. The minimum absolute atomic E-state index is 0.282. The third-order valence-electron chi connectivity index (χ3n) is 3.38. The van der Waals surface area contributed by atoms with Crippen LogP contribution in [0.4, 0.5) is 4.79 Å². The molecule has 7 heteroatoms. The third-order valence-corrected chi connectivity index (χ3v) is 3.38. The van der Waals surface area contributed by atoms with Crippen molar-refractivity contribution in [2.45, 2.75) is 19.0 Å². The summed E-state index contributed by atoms with van der Waals surface area (Å²) in [7, 11) is 4.06. The molecule has 22 heavy (non-hydrogen) atoms. The molecular formula is C15H18N4O3. The maximum atomic E-state index is 11.2. The second-order valence-corrected chi connectivity index (χ2v) is 5.51. The average molecular weight is 302 g/mol.